The molecule has 0 bridgehead atoms. The minimum Gasteiger partial charge on any atom is -0.481 e. The highest BCUT2D eigenvalue weighted by atomic mass is 19.1. The van der Waals surface area contributed by atoms with Crippen LogP contribution in [0.15, 0.2) is 49.1 Å². The summed E-state index contributed by atoms with van der Waals surface area (Å²) < 4.78 is 12.8. The van der Waals surface area contributed by atoms with Crippen LogP contribution in [0.2, 0.25) is 0 Å². The number of allylic oxidation sites excluding steroid dienone is 3. The molecule has 0 spiro atoms. The van der Waals surface area contributed by atoms with E-state index in [1.807, 2.05) is 12.2 Å². The molecule has 0 fully saturated rings. The Labute approximate surface area is 106 Å². The molecule has 96 valence electrons. The molecular formula is C15H17FO2. The van der Waals surface area contributed by atoms with Gasteiger partial charge in [0.1, 0.15) is 5.82 Å². The topological polar surface area (TPSA) is 37.3 Å². The van der Waals surface area contributed by atoms with E-state index in [1.54, 1.807) is 6.08 Å². The normalized spacial score (nSPS) is 12.5. The van der Waals surface area contributed by atoms with Crippen molar-refractivity contribution < 1.29 is 14.3 Å². The lowest BCUT2D eigenvalue weighted by atomic mass is 9.93. The molecule has 1 N–H and O–H groups in total. The lowest BCUT2D eigenvalue weighted by Gasteiger charge is -2.11. The summed E-state index contributed by atoms with van der Waals surface area (Å²) >= 11 is 0. The fourth-order valence-electron chi connectivity index (χ4n) is 1.76. The zero-order valence-corrected chi connectivity index (χ0v) is 10.2. The molecule has 0 aromatic heterocycles. The summed E-state index contributed by atoms with van der Waals surface area (Å²) in [4.78, 5) is 11.2. The van der Waals surface area contributed by atoms with Crippen molar-refractivity contribution in [2.75, 3.05) is 0 Å². The molecule has 0 amide bonds. The molecule has 3 heteroatoms. The highest BCUT2D eigenvalue weighted by molar-refractivity contribution is 5.75. The van der Waals surface area contributed by atoms with Gasteiger partial charge in [0.15, 0.2) is 0 Å². The van der Waals surface area contributed by atoms with Crippen molar-refractivity contribution in [1.82, 2.24) is 0 Å². The average molecular weight is 248 g/mol. The Hall–Kier alpha value is -1.90. The number of carbonyl (C=O) groups is 1. The van der Waals surface area contributed by atoms with Crippen molar-refractivity contribution in [3.63, 3.8) is 0 Å². The molecule has 2 nitrogen and oxygen atoms in total. The molecule has 1 rings (SSSR count). The third-order valence-corrected chi connectivity index (χ3v) is 2.71. The Morgan fingerprint density at radius 1 is 1.39 bits per heavy atom. The maximum Gasteiger partial charge on any atom is 0.310 e. The molecule has 18 heavy (non-hydrogen) atoms. The molecule has 1 unspecified atom stereocenters. The molecule has 1 aromatic rings. The van der Waals surface area contributed by atoms with E-state index in [-0.39, 0.29) is 5.82 Å². The molecule has 0 aliphatic heterocycles. The molecule has 0 saturated heterocycles. The first-order valence-corrected chi connectivity index (χ1v) is 5.91. The molecule has 0 aliphatic rings. The molecule has 0 heterocycles. The summed E-state index contributed by atoms with van der Waals surface area (Å²) in [7, 11) is 0. The number of halogens is 1. The standard InChI is InChI=1S/C15H17FO2/c1-2-3-4-5-6-7-14(15(17)18)12-8-10-13(16)11-9-12/h2-4,8-11,14H,1,5-7H2,(H,17,18). The van der Waals surface area contributed by atoms with Crippen LogP contribution in [0.5, 0.6) is 0 Å². The maximum atomic E-state index is 12.8. The Kier molecular flexibility index (Phi) is 5.85. The van der Waals surface area contributed by atoms with Crippen molar-refractivity contribution in [2.24, 2.45) is 0 Å². The summed E-state index contributed by atoms with van der Waals surface area (Å²) in [6.45, 7) is 3.56. The van der Waals surface area contributed by atoms with Crippen LogP contribution in [-0.4, -0.2) is 11.1 Å². The third kappa shape index (κ3) is 4.53. The van der Waals surface area contributed by atoms with Gasteiger partial charge in [0.2, 0.25) is 0 Å². The number of benzene rings is 1. The van der Waals surface area contributed by atoms with E-state index in [0.717, 1.165) is 12.8 Å². The van der Waals surface area contributed by atoms with Crippen molar-refractivity contribution in [3.8, 4) is 0 Å². The van der Waals surface area contributed by atoms with Gasteiger partial charge in [0.25, 0.3) is 0 Å². The smallest absolute Gasteiger partial charge is 0.310 e. The highest BCUT2D eigenvalue weighted by Gasteiger charge is 2.18. The number of carboxylic acids is 1. The first kappa shape index (κ1) is 14.2. The van der Waals surface area contributed by atoms with Gasteiger partial charge in [-0.1, -0.05) is 36.9 Å². The maximum absolute atomic E-state index is 12.8. The second-order valence-electron chi connectivity index (χ2n) is 4.04. The summed E-state index contributed by atoms with van der Waals surface area (Å²) in [5.74, 6) is -1.78. The van der Waals surface area contributed by atoms with Crippen LogP contribution in [0, 0.1) is 5.82 Å². The summed E-state index contributed by atoms with van der Waals surface area (Å²) in [6, 6.07) is 5.66. The van der Waals surface area contributed by atoms with Crippen LogP contribution < -0.4 is 0 Å². The second kappa shape index (κ2) is 7.43. The van der Waals surface area contributed by atoms with E-state index < -0.39 is 11.9 Å². The van der Waals surface area contributed by atoms with Crippen molar-refractivity contribution in [1.29, 1.82) is 0 Å². The van der Waals surface area contributed by atoms with E-state index in [2.05, 4.69) is 6.58 Å². The van der Waals surface area contributed by atoms with Gasteiger partial charge in [-0.05, 0) is 37.0 Å². The molecule has 1 atom stereocenters. The van der Waals surface area contributed by atoms with Crippen molar-refractivity contribution in [2.45, 2.75) is 25.2 Å². The predicted molar refractivity (Wildman–Crippen MR) is 70.0 cm³/mol. The minimum absolute atomic E-state index is 0.350. The molecule has 0 radical (unpaired) electrons. The van der Waals surface area contributed by atoms with Gasteiger partial charge < -0.3 is 5.11 Å². The van der Waals surface area contributed by atoms with Gasteiger partial charge in [0, 0.05) is 0 Å². The highest BCUT2D eigenvalue weighted by Crippen LogP contribution is 2.22. The lowest BCUT2D eigenvalue weighted by Crippen LogP contribution is -2.11. The quantitative estimate of drug-likeness (QED) is 0.587. The number of carboxylic acid groups (broad SMARTS) is 1. The number of rotatable bonds is 7. The fraction of sp³-hybridized carbons (Fsp3) is 0.267. The Morgan fingerprint density at radius 2 is 2.06 bits per heavy atom. The predicted octanol–water partition coefficient (Wildman–Crippen LogP) is 3.91. The molecular weight excluding hydrogens is 231 g/mol. The third-order valence-electron chi connectivity index (χ3n) is 2.71. The number of aliphatic carboxylic acids is 1. The Balaban J connectivity index is 2.60. The van der Waals surface area contributed by atoms with Crippen LogP contribution in [0.4, 0.5) is 4.39 Å². The van der Waals surface area contributed by atoms with Crippen LogP contribution in [-0.2, 0) is 4.79 Å². The van der Waals surface area contributed by atoms with Gasteiger partial charge in [0.05, 0.1) is 5.92 Å². The van der Waals surface area contributed by atoms with Gasteiger partial charge in [-0.15, -0.1) is 0 Å². The van der Waals surface area contributed by atoms with Crippen LogP contribution in [0.1, 0.15) is 30.7 Å². The summed E-state index contributed by atoms with van der Waals surface area (Å²) in [5.41, 5.74) is 0.650. The summed E-state index contributed by atoms with van der Waals surface area (Å²) in [5, 5.41) is 9.17. The SMILES string of the molecule is C=CC=CCCCC(C(=O)O)c1ccc(F)cc1. The number of hydrogen-bond acceptors (Lipinski definition) is 1. The van der Waals surface area contributed by atoms with E-state index in [4.69, 9.17) is 0 Å². The number of hydrogen-bond donors (Lipinski definition) is 1. The van der Waals surface area contributed by atoms with Crippen LogP contribution in [0.3, 0.4) is 0 Å². The van der Waals surface area contributed by atoms with Crippen LogP contribution in [0.25, 0.3) is 0 Å². The molecule has 0 aliphatic carbocycles. The second-order valence-corrected chi connectivity index (χ2v) is 4.04. The number of unbranched alkanes of at least 4 members (excludes halogenated alkanes) is 1. The molecule has 0 saturated carbocycles. The van der Waals surface area contributed by atoms with Crippen molar-refractivity contribution in [3.05, 3.63) is 60.5 Å². The first-order valence-electron chi connectivity index (χ1n) is 5.91. The Bertz CT molecular complexity index is 421. The first-order chi connectivity index (χ1) is 8.65. The van der Waals surface area contributed by atoms with E-state index >= 15 is 0 Å². The molecule has 1 aromatic carbocycles. The van der Waals surface area contributed by atoms with Gasteiger partial charge in [-0.3, -0.25) is 4.79 Å². The zero-order valence-electron chi connectivity index (χ0n) is 10.2. The summed E-state index contributed by atoms with van der Waals surface area (Å²) in [6.07, 6.45) is 7.62. The fourth-order valence-corrected chi connectivity index (χ4v) is 1.76. The van der Waals surface area contributed by atoms with Crippen molar-refractivity contribution >= 4 is 5.97 Å². The van der Waals surface area contributed by atoms with Gasteiger partial charge in [-0.2, -0.15) is 0 Å². The Morgan fingerprint density at radius 3 is 2.61 bits per heavy atom. The van der Waals surface area contributed by atoms with Gasteiger partial charge >= 0.3 is 5.97 Å². The lowest BCUT2D eigenvalue weighted by molar-refractivity contribution is -0.139. The largest absolute Gasteiger partial charge is 0.481 e. The van der Waals surface area contributed by atoms with E-state index in [9.17, 15) is 14.3 Å². The monoisotopic (exact) mass is 248 g/mol. The van der Waals surface area contributed by atoms with E-state index in [0.29, 0.717) is 12.0 Å². The minimum atomic E-state index is -0.866. The van der Waals surface area contributed by atoms with E-state index in [1.165, 1.54) is 24.3 Å². The zero-order chi connectivity index (χ0) is 13.4. The average Bonchev–Trinajstić information content (AvgIpc) is 2.35. The van der Waals surface area contributed by atoms with Crippen LogP contribution >= 0.6 is 0 Å². The van der Waals surface area contributed by atoms with Gasteiger partial charge in [-0.25, -0.2) is 4.39 Å².